The Labute approximate surface area is 103 Å². The smallest absolute Gasteiger partial charge is 0.229 e. The third-order valence-corrected chi connectivity index (χ3v) is 2.76. The number of carbonyl (C=O) groups is 1. The molecule has 0 spiro atoms. The van der Waals surface area contributed by atoms with Gasteiger partial charge < -0.3 is 10.3 Å². The summed E-state index contributed by atoms with van der Waals surface area (Å²) >= 11 is 0. The summed E-state index contributed by atoms with van der Waals surface area (Å²) in [5.41, 5.74) is 2.06. The first kappa shape index (κ1) is 10.6. The largest absolute Gasteiger partial charge is 0.361 e. The first-order valence-corrected chi connectivity index (χ1v) is 5.66. The van der Waals surface area contributed by atoms with E-state index in [-0.39, 0.29) is 5.91 Å². The number of rotatable bonds is 3. The molecule has 0 saturated heterocycles. The fourth-order valence-corrected chi connectivity index (χ4v) is 1.92. The highest BCUT2D eigenvalue weighted by Crippen LogP contribution is 2.15. The number of aromatic amines is 2. The van der Waals surface area contributed by atoms with Crippen LogP contribution in [0.25, 0.3) is 10.9 Å². The SMILES string of the molecule is O=C(Cc1ccc2[nH]ccc2c1)Nc1ccn[nH]1. The van der Waals surface area contributed by atoms with E-state index in [1.165, 1.54) is 0 Å². The molecule has 0 bridgehead atoms. The number of nitrogens with zero attached hydrogens (tertiary/aromatic N) is 1. The zero-order valence-electron chi connectivity index (χ0n) is 9.60. The first-order chi connectivity index (χ1) is 8.81. The highest BCUT2D eigenvalue weighted by molar-refractivity contribution is 5.92. The molecule has 3 N–H and O–H groups in total. The van der Waals surface area contributed by atoms with Gasteiger partial charge in [0, 0.05) is 17.8 Å². The van der Waals surface area contributed by atoms with Crippen LogP contribution in [0.2, 0.25) is 0 Å². The summed E-state index contributed by atoms with van der Waals surface area (Å²) in [5, 5.41) is 10.3. The molecular formula is C13H12N4O. The minimum atomic E-state index is -0.0610. The third-order valence-electron chi connectivity index (χ3n) is 2.76. The molecule has 1 amide bonds. The molecule has 3 aromatic rings. The van der Waals surface area contributed by atoms with Gasteiger partial charge in [0.1, 0.15) is 5.82 Å². The Balaban J connectivity index is 1.73. The van der Waals surface area contributed by atoms with Crippen molar-refractivity contribution in [2.45, 2.75) is 6.42 Å². The Morgan fingerprint density at radius 1 is 1.28 bits per heavy atom. The molecule has 0 atom stereocenters. The van der Waals surface area contributed by atoms with Crippen LogP contribution < -0.4 is 5.32 Å². The molecule has 5 heteroatoms. The van der Waals surface area contributed by atoms with Gasteiger partial charge in [-0.3, -0.25) is 9.89 Å². The summed E-state index contributed by atoms with van der Waals surface area (Å²) in [6, 6.07) is 9.65. The fraction of sp³-hybridized carbons (Fsp3) is 0.0769. The van der Waals surface area contributed by atoms with Crippen molar-refractivity contribution in [2.24, 2.45) is 0 Å². The number of hydrogen-bond donors (Lipinski definition) is 3. The Hall–Kier alpha value is -2.56. The Morgan fingerprint density at radius 3 is 3.06 bits per heavy atom. The molecule has 0 aliphatic carbocycles. The van der Waals surface area contributed by atoms with E-state index in [1.54, 1.807) is 12.3 Å². The topological polar surface area (TPSA) is 73.6 Å². The lowest BCUT2D eigenvalue weighted by atomic mass is 10.1. The van der Waals surface area contributed by atoms with Crippen LogP contribution in [-0.2, 0) is 11.2 Å². The van der Waals surface area contributed by atoms with Gasteiger partial charge in [-0.25, -0.2) is 0 Å². The van der Waals surface area contributed by atoms with Crippen LogP contribution in [0.15, 0.2) is 42.7 Å². The van der Waals surface area contributed by atoms with Crippen LogP contribution in [0, 0.1) is 0 Å². The second-order valence-corrected chi connectivity index (χ2v) is 4.09. The summed E-state index contributed by atoms with van der Waals surface area (Å²) in [6.07, 6.45) is 3.83. The molecular weight excluding hydrogens is 228 g/mol. The van der Waals surface area contributed by atoms with Crippen molar-refractivity contribution in [1.82, 2.24) is 15.2 Å². The first-order valence-electron chi connectivity index (χ1n) is 5.66. The van der Waals surface area contributed by atoms with Crippen LogP contribution in [0.5, 0.6) is 0 Å². The predicted molar refractivity (Wildman–Crippen MR) is 69.2 cm³/mol. The average Bonchev–Trinajstić information content (AvgIpc) is 2.98. The summed E-state index contributed by atoms with van der Waals surface area (Å²) in [7, 11) is 0. The standard InChI is InChI=1S/C13H12N4O/c18-13(16-12-4-6-15-17-12)8-9-1-2-11-10(7-9)3-5-14-11/h1-7,14H,8H2,(H2,15,16,17,18). The fourth-order valence-electron chi connectivity index (χ4n) is 1.92. The van der Waals surface area contributed by atoms with Crippen molar-refractivity contribution in [3.05, 3.63) is 48.3 Å². The van der Waals surface area contributed by atoms with Gasteiger partial charge in [0.05, 0.1) is 12.6 Å². The summed E-state index contributed by atoms with van der Waals surface area (Å²) < 4.78 is 0. The van der Waals surface area contributed by atoms with E-state index in [2.05, 4.69) is 20.5 Å². The number of nitrogens with one attached hydrogen (secondary N) is 3. The molecule has 1 aromatic carbocycles. The average molecular weight is 240 g/mol. The number of hydrogen-bond acceptors (Lipinski definition) is 2. The van der Waals surface area contributed by atoms with Gasteiger partial charge in [0.15, 0.2) is 0 Å². The lowest BCUT2D eigenvalue weighted by Gasteiger charge is -2.03. The molecule has 90 valence electrons. The number of fused-ring (bicyclic) bond motifs is 1. The van der Waals surface area contributed by atoms with E-state index in [4.69, 9.17) is 0 Å². The number of amides is 1. The summed E-state index contributed by atoms with van der Waals surface area (Å²) in [4.78, 5) is 14.9. The van der Waals surface area contributed by atoms with Crippen molar-refractivity contribution in [1.29, 1.82) is 0 Å². The Bertz CT molecular complexity index is 669. The minimum absolute atomic E-state index is 0.0610. The van der Waals surface area contributed by atoms with Gasteiger partial charge in [-0.2, -0.15) is 5.10 Å². The van der Waals surface area contributed by atoms with Gasteiger partial charge >= 0.3 is 0 Å². The lowest BCUT2D eigenvalue weighted by molar-refractivity contribution is -0.115. The second kappa shape index (κ2) is 4.37. The molecule has 2 aromatic heterocycles. The molecule has 0 fully saturated rings. The maximum absolute atomic E-state index is 11.8. The van der Waals surface area contributed by atoms with E-state index in [0.717, 1.165) is 16.5 Å². The van der Waals surface area contributed by atoms with Crippen molar-refractivity contribution in [3.63, 3.8) is 0 Å². The number of aromatic nitrogens is 3. The zero-order valence-corrected chi connectivity index (χ0v) is 9.60. The normalized spacial score (nSPS) is 10.7. The van der Waals surface area contributed by atoms with Crippen LogP contribution in [0.1, 0.15) is 5.56 Å². The van der Waals surface area contributed by atoms with Crippen LogP contribution in [-0.4, -0.2) is 21.1 Å². The summed E-state index contributed by atoms with van der Waals surface area (Å²) in [5.74, 6) is 0.553. The summed E-state index contributed by atoms with van der Waals surface area (Å²) in [6.45, 7) is 0. The molecule has 0 radical (unpaired) electrons. The highest BCUT2D eigenvalue weighted by Gasteiger charge is 2.05. The number of benzene rings is 1. The molecule has 0 aliphatic heterocycles. The molecule has 0 unspecified atom stereocenters. The molecule has 2 heterocycles. The van der Waals surface area contributed by atoms with Gasteiger partial charge in [-0.05, 0) is 29.1 Å². The van der Waals surface area contributed by atoms with Crippen molar-refractivity contribution in [2.75, 3.05) is 5.32 Å². The second-order valence-electron chi connectivity index (χ2n) is 4.09. The Kier molecular flexibility index (Phi) is 2.57. The van der Waals surface area contributed by atoms with Gasteiger partial charge in [0.2, 0.25) is 5.91 Å². The monoisotopic (exact) mass is 240 g/mol. The quantitative estimate of drug-likeness (QED) is 0.655. The van der Waals surface area contributed by atoms with E-state index in [1.807, 2.05) is 30.5 Å². The molecule has 0 aliphatic rings. The van der Waals surface area contributed by atoms with E-state index in [9.17, 15) is 4.79 Å². The van der Waals surface area contributed by atoms with Gasteiger partial charge in [0.25, 0.3) is 0 Å². The number of H-pyrrole nitrogens is 2. The van der Waals surface area contributed by atoms with Crippen LogP contribution >= 0.6 is 0 Å². The van der Waals surface area contributed by atoms with Crippen molar-refractivity contribution >= 4 is 22.6 Å². The van der Waals surface area contributed by atoms with Gasteiger partial charge in [-0.15, -0.1) is 0 Å². The molecule has 3 rings (SSSR count). The number of carbonyl (C=O) groups excluding carboxylic acids is 1. The van der Waals surface area contributed by atoms with E-state index in [0.29, 0.717) is 12.2 Å². The molecule has 5 nitrogen and oxygen atoms in total. The maximum Gasteiger partial charge on any atom is 0.229 e. The van der Waals surface area contributed by atoms with E-state index >= 15 is 0 Å². The highest BCUT2D eigenvalue weighted by atomic mass is 16.1. The third kappa shape index (κ3) is 2.10. The maximum atomic E-state index is 11.8. The molecule has 0 saturated carbocycles. The van der Waals surface area contributed by atoms with Crippen molar-refractivity contribution < 1.29 is 4.79 Å². The minimum Gasteiger partial charge on any atom is -0.361 e. The molecule has 18 heavy (non-hydrogen) atoms. The predicted octanol–water partition coefficient (Wildman–Crippen LogP) is 2.07. The zero-order chi connectivity index (χ0) is 12.4. The van der Waals surface area contributed by atoms with Gasteiger partial charge in [-0.1, -0.05) is 6.07 Å². The van der Waals surface area contributed by atoms with Crippen LogP contribution in [0.3, 0.4) is 0 Å². The van der Waals surface area contributed by atoms with Crippen molar-refractivity contribution in [3.8, 4) is 0 Å². The number of anilines is 1. The Morgan fingerprint density at radius 2 is 2.22 bits per heavy atom. The van der Waals surface area contributed by atoms with E-state index < -0.39 is 0 Å². The lowest BCUT2D eigenvalue weighted by Crippen LogP contribution is -2.14. The van der Waals surface area contributed by atoms with Crippen LogP contribution in [0.4, 0.5) is 5.82 Å².